The van der Waals surface area contributed by atoms with Gasteiger partial charge in [0.2, 0.25) is 0 Å². The maximum absolute atomic E-state index is 13.8. The first-order chi connectivity index (χ1) is 12.9. The van der Waals surface area contributed by atoms with Gasteiger partial charge < -0.3 is 24.4 Å². The molecule has 0 bridgehead atoms. The van der Waals surface area contributed by atoms with Crippen molar-refractivity contribution in [2.45, 2.75) is 19.5 Å². The molecule has 2 aromatic rings. The maximum atomic E-state index is 13.8. The molecule has 2 amide bonds. The molecule has 0 aromatic heterocycles. The van der Waals surface area contributed by atoms with Crippen LogP contribution in [-0.4, -0.2) is 39.3 Å². The molecule has 8 heteroatoms. The van der Waals surface area contributed by atoms with E-state index in [1.165, 1.54) is 18.1 Å². The molecule has 0 aliphatic rings. The van der Waals surface area contributed by atoms with Gasteiger partial charge >= 0.3 is 6.03 Å². The second-order valence-corrected chi connectivity index (χ2v) is 6.10. The minimum Gasteiger partial charge on any atom is -0.497 e. The number of halogens is 2. The standard InChI is InChI=1S/C20H25FN2O4.ClH/c1-13(16-11-15(25-3)7-9-18(16)26-4)22-20(24)23(2)12-14-6-8-19(27-5)17(21)10-14;/h6-11,13H,12H2,1-5H3,(H,22,24);1H. The Morgan fingerprint density at radius 1 is 1.07 bits per heavy atom. The van der Waals surface area contributed by atoms with Gasteiger partial charge in [-0.25, -0.2) is 9.18 Å². The first-order valence-corrected chi connectivity index (χ1v) is 8.45. The van der Waals surface area contributed by atoms with Crippen LogP contribution >= 0.6 is 12.4 Å². The Morgan fingerprint density at radius 2 is 1.71 bits per heavy atom. The topological polar surface area (TPSA) is 60.0 Å². The monoisotopic (exact) mass is 412 g/mol. The van der Waals surface area contributed by atoms with Crippen LogP contribution in [0.2, 0.25) is 0 Å². The molecule has 0 aliphatic heterocycles. The molecule has 1 N–H and O–H groups in total. The smallest absolute Gasteiger partial charge is 0.317 e. The van der Waals surface area contributed by atoms with E-state index in [-0.39, 0.29) is 36.8 Å². The molecule has 1 atom stereocenters. The summed E-state index contributed by atoms with van der Waals surface area (Å²) in [5.74, 6) is 1.04. The van der Waals surface area contributed by atoms with E-state index in [2.05, 4.69) is 5.32 Å². The molecule has 28 heavy (non-hydrogen) atoms. The van der Waals surface area contributed by atoms with E-state index < -0.39 is 5.82 Å². The highest BCUT2D eigenvalue weighted by molar-refractivity contribution is 5.85. The lowest BCUT2D eigenvalue weighted by atomic mass is 10.1. The van der Waals surface area contributed by atoms with Crippen molar-refractivity contribution in [2.24, 2.45) is 0 Å². The summed E-state index contributed by atoms with van der Waals surface area (Å²) in [6.45, 7) is 2.12. The molecule has 2 rings (SSSR count). The predicted octanol–water partition coefficient (Wildman–Crippen LogP) is 4.18. The van der Waals surface area contributed by atoms with Crippen LogP contribution in [-0.2, 0) is 6.54 Å². The van der Waals surface area contributed by atoms with Crippen LogP contribution < -0.4 is 19.5 Å². The lowest BCUT2D eigenvalue weighted by Gasteiger charge is -2.23. The van der Waals surface area contributed by atoms with E-state index in [1.807, 2.05) is 13.0 Å². The number of ether oxygens (including phenoxy) is 3. The number of carbonyl (C=O) groups is 1. The number of urea groups is 1. The number of carbonyl (C=O) groups excluding carboxylic acids is 1. The largest absolute Gasteiger partial charge is 0.497 e. The molecule has 0 heterocycles. The van der Waals surface area contributed by atoms with Gasteiger partial charge in [-0.05, 0) is 42.8 Å². The Labute approximate surface area is 171 Å². The van der Waals surface area contributed by atoms with Crippen molar-refractivity contribution in [3.8, 4) is 17.2 Å². The third-order valence-electron chi connectivity index (χ3n) is 4.23. The molecule has 0 fully saturated rings. The number of hydrogen-bond donors (Lipinski definition) is 1. The van der Waals surface area contributed by atoms with Crippen molar-refractivity contribution >= 4 is 18.4 Å². The van der Waals surface area contributed by atoms with Crippen LogP contribution in [0.1, 0.15) is 24.1 Å². The molecule has 0 spiro atoms. The van der Waals surface area contributed by atoms with Crippen LogP contribution in [0.25, 0.3) is 0 Å². The SMILES string of the molecule is COc1ccc(OC)c(C(C)NC(=O)N(C)Cc2ccc(OC)c(F)c2)c1.Cl. The van der Waals surface area contributed by atoms with Crippen LogP contribution in [0, 0.1) is 5.82 Å². The van der Waals surface area contributed by atoms with Crippen molar-refractivity contribution in [1.82, 2.24) is 10.2 Å². The highest BCUT2D eigenvalue weighted by Crippen LogP contribution is 2.29. The van der Waals surface area contributed by atoms with Crippen molar-refractivity contribution in [3.63, 3.8) is 0 Å². The van der Waals surface area contributed by atoms with Crippen LogP contribution in [0.3, 0.4) is 0 Å². The van der Waals surface area contributed by atoms with E-state index >= 15 is 0 Å². The third kappa shape index (κ3) is 5.66. The second-order valence-electron chi connectivity index (χ2n) is 6.10. The number of nitrogens with zero attached hydrogens (tertiary/aromatic N) is 1. The number of rotatable bonds is 7. The first-order valence-electron chi connectivity index (χ1n) is 8.45. The molecule has 154 valence electrons. The minimum absolute atomic E-state index is 0. The second kappa shape index (κ2) is 10.6. The molecule has 1 unspecified atom stereocenters. The molecular weight excluding hydrogens is 387 g/mol. The van der Waals surface area contributed by atoms with Crippen molar-refractivity contribution < 1.29 is 23.4 Å². The van der Waals surface area contributed by atoms with Gasteiger partial charge in [0.15, 0.2) is 11.6 Å². The summed E-state index contributed by atoms with van der Waals surface area (Å²) < 4.78 is 29.3. The van der Waals surface area contributed by atoms with Crippen molar-refractivity contribution in [2.75, 3.05) is 28.4 Å². The van der Waals surface area contributed by atoms with E-state index in [4.69, 9.17) is 14.2 Å². The van der Waals surface area contributed by atoms with Gasteiger partial charge in [0.05, 0.1) is 27.4 Å². The van der Waals surface area contributed by atoms with Gasteiger partial charge in [-0.3, -0.25) is 0 Å². The van der Waals surface area contributed by atoms with Crippen LogP contribution in [0.5, 0.6) is 17.2 Å². The molecule has 0 saturated heterocycles. The fourth-order valence-corrected chi connectivity index (χ4v) is 2.70. The van der Waals surface area contributed by atoms with Gasteiger partial charge in [-0.15, -0.1) is 12.4 Å². The van der Waals surface area contributed by atoms with Crippen molar-refractivity contribution in [3.05, 3.63) is 53.3 Å². The molecule has 0 aliphatic carbocycles. The number of benzene rings is 2. The first kappa shape index (κ1) is 23.4. The Balaban J connectivity index is 0.00000392. The molecule has 0 radical (unpaired) electrons. The van der Waals surface area contributed by atoms with Gasteiger partial charge in [0, 0.05) is 19.2 Å². The number of nitrogens with one attached hydrogen (secondary N) is 1. The zero-order valence-corrected chi connectivity index (χ0v) is 17.4. The predicted molar refractivity (Wildman–Crippen MR) is 108 cm³/mol. The van der Waals surface area contributed by atoms with Gasteiger partial charge in [-0.1, -0.05) is 6.07 Å². The molecule has 2 aromatic carbocycles. The minimum atomic E-state index is -0.460. The lowest BCUT2D eigenvalue weighted by molar-refractivity contribution is 0.203. The highest BCUT2D eigenvalue weighted by Gasteiger charge is 2.18. The highest BCUT2D eigenvalue weighted by atomic mass is 35.5. The van der Waals surface area contributed by atoms with Gasteiger partial charge in [0.1, 0.15) is 11.5 Å². The van der Waals surface area contributed by atoms with E-state index in [0.29, 0.717) is 17.1 Å². The fourth-order valence-electron chi connectivity index (χ4n) is 2.70. The average molecular weight is 413 g/mol. The Kier molecular flexibility index (Phi) is 8.85. The lowest BCUT2D eigenvalue weighted by Crippen LogP contribution is -2.38. The number of hydrogen-bond acceptors (Lipinski definition) is 4. The maximum Gasteiger partial charge on any atom is 0.317 e. The summed E-state index contributed by atoms with van der Waals surface area (Å²) >= 11 is 0. The zero-order valence-electron chi connectivity index (χ0n) is 16.6. The van der Waals surface area contributed by atoms with Gasteiger partial charge in [0.25, 0.3) is 0 Å². The molecule has 0 saturated carbocycles. The summed E-state index contributed by atoms with van der Waals surface area (Å²) in [5.41, 5.74) is 1.46. The summed E-state index contributed by atoms with van der Waals surface area (Å²) in [7, 11) is 6.21. The quantitative estimate of drug-likeness (QED) is 0.741. The average Bonchev–Trinajstić information content (AvgIpc) is 2.67. The Bertz CT molecular complexity index is 804. The number of amides is 2. The van der Waals surface area contributed by atoms with Crippen LogP contribution in [0.4, 0.5) is 9.18 Å². The summed E-state index contributed by atoms with van der Waals surface area (Å²) in [5, 5.41) is 2.91. The van der Waals surface area contributed by atoms with E-state index in [9.17, 15) is 9.18 Å². The van der Waals surface area contributed by atoms with Crippen LogP contribution in [0.15, 0.2) is 36.4 Å². The summed E-state index contributed by atoms with van der Waals surface area (Å²) in [6.07, 6.45) is 0. The summed E-state index contributed by atoms with van der Waals surface area (Å²) in [4.78, 5) is 14.0. The summed E-state index contributed by atoms with van der Waals surface area (Å²) in [6, 6.07) is 9.43. The number of methoxy groups -OCH3 is 3. The zero-order chi connectivity index (χ0) is 20.0. The van der Waals surface area contributed by atoms with E-state index in [1.54, 1.807) is 45.5 Å². The Hall–Kier alpha value is -2.67. The third-order valence-corrected chi connectivity index (χ3v) is 4.23. The van der Waals surface area contributed by atoms with Crippen molar-refractivity contribution in [1.29, 1.82) is 0 Å². The normalized spacial score (nSPS) is 11.1. The molecular formula is C20H26ClFN2O4. The van der Waals surface area contributed by atoms with Gasteiger partial charge in [-0.2, -0.15) is 0 Å². The fraction of sp³-hybridized carbons (Fsp3) is 0.350. The molecule has 6 nitrogen and oxygen atoms in total. The Morgan fingerprint density at radius 3 is 2.29 bits per heavy atom. The van der Waals surface area contributed by atoms with E-state index in [0.717, 1.165) is 5.56 Å².